The minimum atomic E-state index is -0.0805. The molecule has 0 radical (unpaired) electrons. The molecule has 2 saturated heterocycles. The number of hydrogen-bond donors (Lipinski definition) is 0. The fourth-order valence-electron chi connectivity index (χ4n) is 3.11. The SMILES string of the molecule is COCc1nc(CN2CCC3(CCCO3)CCC2=O)no1. The third kappa shape index (κ3) is 3.24. The Morgan fingerprint density at radius 2 is 2.29 bits per heavy atom. The van der Waals surface area contributed by atoms with Gasteiger partial charge in [-0.2, -0.15) is 4.98 Å². The van der Waals surface area contributed by atoms with Crippen molar-refractivity contribution in [2.75, 3.05) is 20.3 Å². The van der Waals surface area contributed by atoms with Crippen molar-refractivity contribution in [1.82, 2.24) is 15.0 Å². The molecule has 0 bridgehead atoms. The topological polar surface area (TPSA) is 77.7 Å². The van der Waals surface area contributed by atoms with Gasteiger partial charge < -0.3 is 18.9 Å². The monoisotopic (exact) mass is 295 g/mol. The summed E-state index contributed by atoms with van der Waals surface area (Å²) < 4.78 is 15.9. The molecule has 116 valence electrons. The summed E-state index contributed by atoms with van der Waals surface area (Å²) in [5.74, 6) is 1.10. The molecule has 1 aromatic heterocycles. The standard InChI is InChI=1S/C14H21N3O4/c1-19-10-12-15-11(16-21-12)9-17-7-6-14(4-2-8-20-14)5-3-13(17)18/h2-10H2,1H3. The van der Waals surface area contributed by atoms with E-state index in [0.717, 1.165) is 32.3 Å². The van der Waals surface area contributed by atoms with Gasteiger partial charge in [-0.05, 0) is 25.7 Å². The molecule has 21 heavy (non-hydrogen) atoms. The van der Waals surface area contributed by atoms with Gasteiger partial charge in [-0.1, -0.05) is 5.16 Å². The second-order valence-corrected chi connectivity index (χ2v) is 5.74. The lowest BCUT2D eigenvalue weighted by Crippen LogP contribution is -2.32. The van der Waals surface area contributed by atoms with E-state index >= 15 is 0 Å². The van der Waals surface area contributed by atoms with E-state index in [9.17, 15) is 4.79 Å². The van der Waals surface area contributed by atoms with Crippen LogP contribution in [0.4, 0.5) is 0 Å². The summed E-state index contributed by atoms with van der Waals surface area (Å²) in [6, 6.07) is 0. The summed E-state index contributed by atoms with van der Waals surface area (Å²) in [5.41, 5.74) is -0.0805. The summed E-state index contributed by atoms with van der Waals surface area (Å²) in [7, 11) is 1.57. The first kappa shape index (κ1) is 14.5. The molecule has 0 N–H and O–H groups in total. The highest BCUT2D eigenvalue weighted by Gasteiger charge is 2.38. The van der Waals surface area contributed by atoms with Gasteiger partial charge in [0.1, 0.15) is 6.61 Å². The maximum atomic E-state index is 12.3. The van der Waals surface area contributed by atoms with Crippen LogP contribution in [0.5, 0.6) is 0 Å². The number of rotatable bonds is 4. The van der Waals surface area contributed by atoms with Gasteiger partial charge in [0.05, 0.1) is 12.1 Å². The minimum absolute atomic E-state index is 0.0805. The van der Waals surface area contributed by atoms with Crippen molar-refractivity contribution in [3.63, 3.8) is 0 Å². The summed E-state index contributed by atoms with van der Waals surface area (Å²) in [4.78, 5) is 18.3. The number of carbonyl (C=O) groups excluding carboxylic acids is 1. The Hall–Kier alpha value is -1.47. The molecule has 0 aliphatic carbocycles. The summed E-state index contributed by atoms with van der Waals surface area (Å²) in [6.45, 7) is 2.19. The summed E-state index contributed by atoms with van der Waals surface area (Å²) >= 11 is 0. The Labute approximate surface area is 123 Å². The van der Waals surface area contributed by atoms with Crippen LogP contribution in [0.2, 0.25) is 0 Å². The lowest BCUT2D eigenvalue weighted by Gasteiger charge is -2.26. The Bertz CT molecular complexity index is 496. The van der Waals surface area contributed by atoms with Crippen molar-refractivity contribution < 1.29 is 18.8 Å². The lowest BCUT2D eigenvalue weighted by molar-refractivity contribution is -0.131. The van der Waals surface area contributed by atoms with Crippen molar-refractivity contribution in [3.8, 4) is 0 Å². The predicted octanol–water partition coefficient (Wildman–Crippen LogP) is 1.28. The van der Waals surface area contributed by atoms with Gasteiger partial charge in [0.2, 0.25) is 5.91 Å². The normalized spacial score (nSPS) is 26.5. The van der Waals surface area contributed by atoms with E-state index in [2.05, 4.69) is 10.1 Å². The van der Waals surface area contributed by atoms with Gasteiger partial charge >= 0.3 is 0 Å². The van der Waals surface area contributed by atoms with E-state index in [-0.39, 0.29) is 18.1 Å². The van der Waals surface area contributed by atoms with Gasteiger partial charge in [0.15, 0.2) is 5.82 Å². The highest BCUT2D eigenvalue weighted by atomic mass is 16.5. The number of methoxy groups -OCH3 is 1. The average molecular weight is 295 g/mol. The van der Waals surface area contributed by atoms with E-state index in [4.69, 9.17) is 14.0 Å². The lowest BCUT2D eigenvalue weighted by atomic mass is 9.92. The first-order valence-electron chi connectivity index (χ1n) is 7.43. The minimum Gasteiger partial charge on any atom is -0.375 e. The molecule has 1 unspecified atom stereocenters. The van der Waals surface area contributed by atoms with Gasteiger partial charge in [-0.15, -0.1) is 0 Å². The van der Waals surface area contributed by atoms with Crippen LogP contribution in [0.1, 0.15) is 43.8 Å². The molecule has 1 aromatic rings. The van der Waals surface area contributed by atoms with Crippen LogP contribution >= 0.6 is 0 Å². The van der Waals surface area contributed by atoms with Crippen molar-refractivity contribution in [2.24, 2.45) is 0 Å². The van der Waals surface area contributed by atoms with E-state index in [1.807, 2.05) is 0 Å². The van der Waals surface area contributed by atoms with E-state index < -0.39 is 0 Å². The molecule has 3 heterocycles. The van der Waals surface area contributed by atoms with Crippen LogP contribution in [-0.2, 0) is 27.4 Å². The number of likely N-dealkylation sites (tertiary alicyclic amines) is 1. The van der Waals surface area contributed by atoms with Crippen LogP contribution in [0.3, 0.4) is 0 Å². The molecule has 2 fully saturated rings. The average Bonchev–Trinajstić information content (AvgIpc) is 3.08. The van der Waals surface area contributed by atoms with Crippen LogP contribution in [0, 0.1) is 0 Å². The number of aromatic nitrogens is 2. The van der Waals surface area contributed by atoms with Gasteiger partial charge in [0, 0.05) is 26.7 Å². The molecular formula is C14H21N3O4. The maximum absolute atomic E-state index is 12.3. The van der Waals surface area contributed by atoms with Crippen LogP contribution in [0.15, 0.2) is 4.52 Å². The second kappa shape index (κ2) is 6.11. The quantitative estimate of drug-likeness (QED) is 0.832. The summed E-state index contributed by atoms with van der Waals surface area (Å²) in [6.07, 6.45) is 4.40. The molecule has 3 rings (SSSR count). The Morgan fingerprint density at radius 1 is 1.38 bits per heavy atom. The number of nitrogens with zero attached hydrogens (tertiary/aromatic N) is 3. The first-order valence-corrected chi connectivity index (χ1v) is 7.43. The largest absolute Gasteiger partial charge is 0.375 e. The van der Waals surface area contributed by atoms with Gasteiger partial charge in [0.25, 0.3) is 5.89 Å². The molecule has 1 spiro atoms. The molecular weight excluding hydrogens is 274 g/mol. The van der Waals surface area contributed by atoms with Crippen molar-refractivity contribution in [1.29, 1.82) is 0 Å². The first-order chi connectivity index (χ1) is 10.2. The van der Waals surface area contributed by atoms with E-state index in [1.54, 1.807) is 12.0 Å². The molecule has 7 heteroatoms. The Kier molecular flexibility index (Phi) is 4.21. The van der Waals surface area contributed by atoms with Crippen molar-refractivity contribution >= 4 is 5.91 Å². The molecule has 0 saturated carbocycles. The number of hydrogen-bond acceptors (Lipinski definition) is 6. The van der Waals surface area contributed by atoms with Gasteiger partial charge in [-0.25, -0.2) is 0 Å². The van der Waals surface area contributed by atoms with E-state index in [0.29, 0.717) is 31.2 Å². The molecule has 1 atom stereocenters. The predicted molar refractivity (Wildman–Crippen MR) is 72.2 cm³/mol. The van der Waals surface area contributed by atoms with Gasteiger partial charge in [-0.3, -0.25) is 4.79 Å². The third-order valence-corrected chi connectivity index (χ3v) is 4.28. The molecule has 1 amide bonds. The fraction of sp³-hybridized carbons (Fsp3) is 0.786. The Balaban J connectivity index is 1.62. The smallest absolute Gasteiger partial charge is 0.252 e. The van der Waals surface area contributed by atoms with Crippen LogP contribution < -0.4 is 0 Å². The molecule has 0 aromatic carbocycles. The highest BCUT2D eigenvalue weighted by Crippen LogP contribution is 2.36. The molecule has 2 aliphatic heterocycles. The summed E-state index contributed by atoms with van der Waals surface area (Å²) in [5, 5.41) is 3.89. The van der Waals surface area contributed by atoms with E-state index in [1.165, 1.54) is 0 Å². The zero-order chi connectivity index (χ0) is 14.7. The fourth-order valence-corrected chi connectivity index (χ4v) is 3.11. The Morgan fingerprint density at radius 3 is 3.05 bits per heavy atom. The molecule has 2 aliphatic rings. The number of ether oxygens (including phenoxy) is 2. The van der Waals surface area contributed by atoms with Crippen LogP contribution in [-0.4, -0.2) is 46.8 Å². The zero-order valence-electron chi connectivity index (χ0n) is 12.3. The highest BCUT2D eigenvalue weighted by molar-refractivity contribution is 5.76. The number of amides is 1. The second-order valence-electron chi connectivity index (χ2n) is 5.74. The van der Waals surface area contributed by atoms with Crippen molar-refractivity contribution in [2.45, 2.75) is 50.9 Å². The third-order valence-electron chi connectivity index (χ3n) is 4.28. The molecule has 7 nitrogen and oxygen atoms in total. The maximum Gasteiger partial charge on any atom is 0.252 e. The zero-order valence-corrected chi connectivity index (χ0v) is 12.3. The van der Waals surface area contributed by atoms with Crippen molar-refractivity contribution in [3.05, 3.63) is 11.7 Å². The number of carbonyl (C=O) groups is 1. The van der Waals surface area contributed by atoms with Crippen LogP contribution in [0.25, 0.3) is 0 Å².